The van der Waals surface area contributed by atoms with Gasteiger partial charge in [-0.05, 0) is 42.7 Å². The molecule has 4 aromatic rings. The van der Waals surface area contributed by atoms with Gasteiger partial charge in [0, 0.05) is 23.4 Å². The van der Waals surface area contributed by atoms with Crippen molar-refractivity contribution in [2.75, 3.05) is 11.9 Å². The Bertz CT molecular complexity index is 1370. The molecule has 1 aliphatic heterocycles. The molecule has 2 heterocycles. The van der Waals surface area contributed by atoms with Crippen molar-refractivity contribution in [1.82, 2.24) is 14.8 Å². The number of nitrogens with zero attached hydrogens (tertiary/aromatic N) is 3. The molecule has 1 N–H and O–H groups in total. The lowest BCUT2D eigenvalue weighted by atomic mass is 9.93. The van der Waals surface area contributed by atoms with Crippen molar-refractivity contribution in [3.05, 3.63) is 113 Å². The summed E-state index contributed by atoms with van der Waals surface area (Å²) in [7, 11) is 0. The van der Waals surface area contributed by atoms with Gasteiger partial charge in [-0.2, -0.15) is 4.98 Å². The Morgan fingerprint density at radius 3 is 2.31 bits per heavy atom. The van der Waals surface area contributed by atoms with Gasteiger partial charge in [-0.1, -0.05) is 84.6 Å². The average Bonchev–Trinajstić information content (AvgIpc) is 3.30. The Hall–Kier alpha value is -3.84. The zero-order chi connectivity index (χ0) is 24.9. The van der Waals surface area contributed by atoms with Crippen molar-refractivity contribution >= 4 is 23.5 Å². The van der Waals surface area contributed by atoms with Crippen LogP contribution in [0.15, 0.2) is 101 Å². The molecule has 0 fully saturated rings. The second-order valence-electron chi connectivity index (χ2n) is 8.71. The minimum atomic E-state index is -0.351. The minimum Gasteiger partial charge on any atom is -0.493 e. The minimum absolute atomic E-state index is 0.00725. The smallest absolute Gasteiger partial charge is 0.227 e. The number of hydrogen-bond acceptors (Lipinski definition) is 6. The molecule has 1 aromatic heterocycles. The third-order valence-electron chi connectivity index (χ3n) is 6.12. The standard InChI is InChI=1S/C29H28N4O2S/c1-20-26(21(2)34)27(24-13-15-25(16-14-24)35-18-17-22-9-5-3-6-10-22)33-28(30-20)31-29(32-33)36-19-23-11-7-4-8-12-23/h3-16,27H,17-19H2,1-2H3,(H,30,31,32). The number of thioether (sulfide) groups is 1. The maximum absolute atomic E-state index is 12.7. The molecule has 0 radical (unpaired) electrons. The number of fused-ring (bicyclic) bond motifs is 1. The molecule has 5 rings (SSSR count). The van der Waals surface area contributed by atoms with Crippen LogP contribution >= 0.6 is 11.8 Å². The zero-order valence-corrected chi connectivity index (χ0v) is 21.2. The number of hydrogen-bond donors (Lipinski definition) is 1. The van der Waals surface area contributed by atoms with Crippen molar-refractivity contribution in [2.45, 2.75) is 37.2 Å². The van der Waals surface area contributed by atoms with Crippen LogP contribution in [0.25, 0.3) is 0 Å². The Labute approximate surface area is 215 Å². The number of benzene rings is 3. The first-order chi connectivity index (χ1) is 17.6. The van der Waals surface area contributed by atoms with Crippen molar-refractivity contribution < 1.29 is 9.53 Å². The van der Waals surface area contributed by atoms with Crippen molar-refractivity contribution in [3.8, 4) is 5.75 Å². The van der Waals surface area contributed by atoms with Gasteiger partial charge in [0.05, 0.1) is 6.61 Å². The number of carbonyl (C=O) groups excluding carboxylic acids is 1. The highest BCUT2D eigenvalue weighted by molar-refractivity contribution is 7.98. The molecular weight excluding hydrogens is 468 g/mol. The van der Waals surface area contributed by atoms with Crippen LogP contribution in [0.2, 0.25) is 0 Å². The van der Waals surface area contributed by atoms with E-state index in [0.29, 0.717) is 23.3 Å². The van der Waals surface area contributed by atoms with Gasteiger partial charge >= 0.3 is 0 Å². The third-order valence-corrected chi connectivity index (χ3v) is 7.03. The SMILES string of the molecule is CC(=O)C1=C(C)Nc2nc(SCc3ccccc3)nn2C1c1ccc(OCCc2ccccc2)cc1. The van der Waals surface area contributed by atoms with Crippen molar-refractivity contribution in [3.63, 3.8) is 0 Å². The highest BCUT2D eigenvalue weighted by atomic mass is 32.2. The van der Waals surface area contributed by atoms with Crippen LogP contribution in [0.3, 0.4) is 0 Å². The van der Waals surface area contributed by atoms with E-state index < -0.39 is 0 Å². The Morgan fingerprint density at radius 1 is 0.972 bits per heavy atom. The second kappa shape index (κ2) is 10.8. The maximum atomic E-state index is 12.7. The molecule has 1 unspecified atom stereocenters. The largest absolute Gasteiger partial charge is 0.493 e. The van der Waals surface area contributed by atoms with Crippen LogP contribution in [-0.4, -0.2) is 27.2 Å². The lowest BCUT2D eigenvalue weighted by molar-refractivity contribution is -0.114. The van der Waals surface area contributed by atoms with E-state index in [1.807, 2.05) is 72.3 Å². The Balaban J connectivity index is 1.35. The second-order valence-corrected chi connectivity index (χ2v) is 9.65. The first kappa shape index (κ1) is 23.9. The van der Waals surface area contributed by atoms with E-state index in [0.717, 1.165) is 29.2 Å². The molecular formula is C29H28N4O2S. The predicted octanol–water partition coefficient (Wildman–Crippen LogP) is 6.07. The normalized spacial score (nSPS) is 14.8. The van der Waals surface area contributed by atoms with Gasteiger partial charge in [0.2, 0.25) is 11.1 Å². The molecule has 1 atom stereocenters. The Kier molecular flexibility index (Phi) is 7.18. The fourth-order valence-corrected chi connectivity index (χ4v) is 5.14. The Morgan fingerprint density at radius 2 is 1.64 bits per heavy atom. The molecule has 0 saturated carbocycles. The highest BCUT2D eigenvalue weighted by Gasteiger charge is 2.32. The number of aromatic nitrogens is 3. The summed E-state index contributed by atoms with van der Waals surface area (Å²) in [5.74, 6) is 2.22. The van der Waals surface area contributed by atoms with Gasteiger partial charge in [-0.15, -0.1) is 5.10 Å². The quantitative estimate of drug-likeness (QED) is 0.284. The van der Waals surface area contributed by atoms with Crippen LogP contribution < -0.4 is 10.1 Å². The van der Waals surface area contributed by atoms with E-state index in [4.69, 9.17) is 14.8 Å². The molecule has 0 saturated heterocycles. The van der Waals surface area contributed by atoms with E-state index in [1.165, 1.54) is 11.1 Å². The first-order valence-corrected chi connectivity index (χ1v) is 13.0. The number of Topliss-reactive ketones (excluding diaryl/α,β-unsaturated/α-hetero) is 1. The zero-order valence-electron chi connectivity index (χ0n) is 20.3. The van der Waals surface area contributed by atoms with Gasteiger partial charge in [0.1, 0.15) is 11.8 Å². The number of carbonyl (C=O) groups is 1. The van der Waals surface area contributed by atoms with Crippen molar-refractivity contribution in [1.29, 1.82) is 0 Å². The molecule has 0 spiro atoms. The third kappa shape index (κ3) is 5.36. The molecule has 1 aliphatic rings. The molecule has 3 aromatic carbocycles. The first-order valence-electron chi connectivity index (χ1n) is 12.0. The number of ketones is 1. The van der Waals surface area contributed by atoms with Crippen LogP contribution in [0.4, 0.5) is 5.95 Å². The van der Waals surface area contributed by atoms with E-state index in [-0.39, 0.29) is 11.8 Å². The molecule has 36 heavy (non-hydrogen) atoms. The topological polar surface area (TPSA) is 69.0 Å². The van der Waals surface area contributed by atoms with Crippen LogP contribution in [0.1, 0.15) is 36.6 Å². The van der Waals surface area contributed by atoms with Crippen LogP contribution in [-0.2, 0) is 17.0 Å². The molecule has 0 aliphatic carbocycles. The van der Waals surface area contributed by atoms with Gasteiger partial charge in [0.15, 0.2) is 5.78 Å². The average molecular weight is 497 g/mol. The van der Waals surface area contributed by atoms with E-state index in [1.54, 1.807) is 18.7 Å². The van der Waals surface area contributed by atoms with Gasteiger partial charge < -0.3 is 10.1 Å². The number of allylic oxidation sites excluding steroid dienone is 2. The fourth-order valence-electron chi connectivity index (χ4n) is 4.36. The van der Waals surface area contributed by atoms with E-state index >= 15 is 0 Å². The summed E-state index contributed by atoms with van der Waals surface area (Å²) >= 11 is 1.58. The fraction of sp³-hybridized carbons (Fsp3) is 0.207. The number of nitrogens with one attached hydrogen (secondary N) is 1. The molecule has 6 nitrogen and oxygen atoms in total. The summed E-state index contributed by atoms with van der Waals surface area (Å²) in [5.41, 5.74) is 4.90. The predicted molar refractivity (Wildman–Crippen MR) is 143 cm³/mol. The van der Waals surface area contributed by atoms with Crippen molar-refractivity contribution in [2.24, 2.45) is 0 Å². The summed E-state index contributed by atoms with van der Waals surface area (Å²) in [6, 6.07) is 28.1. The van der Waals surface area contributed by atoms with Crippen LogP contribution in [0.5, 0.6) is 5.75 Å². The molecule has 182 valence electrons. The molecule has 0 bridgehead atoms. The summed E-state index contributed by atoms with van der Waals surface area (Å²) in [5, 5.41) is 8.73. The number of anilines is 1. The van der Waals surface area contributed by atoms with E-state index in [9.17, 15) is 4.79 Å². The number of ether oxygens (including phenoxy) is 1. The summed E-state index contributed by atoms with van der Waals surface area (Å²) in [4.78, 5) is 17.4. The molecule has 7 heteroatoms. The lowest BCUT2D eigenvalue weighted by Gasteiger charge is -2.28. The number of rotatable bonds is 9. The van der Waals surface area contributed by atoms with Gasteiger partial charge in [0.25, 0.3) is 0 Å². The molecule has 0 amide bonds. The summed E-state index contributed by atoms with van der Waals surface area (Å²) in [6.07, 6.45) is 0.846. The summed E-state index contributed by atoms with van der Waals surface area (Å²) in [6.45, 7) is 4.12. The monoisotopic (exact) mass is 496 g/mol. The summed E-state index contributed by atoms with van der Waals surface area (Å²) < 4.78 is 7.79. The van der Waals surface area contributed by atoms with Crippen LogP contribution in [0, 0.1) is 0 Å². The van der Waals surface area contributed by atoms with Gasteiger partial charge in [-0.25, -0.2) is 4.68 Å². The van der Waals surface area contributed by atoms with E-state index in [2.05, 4.69) is 29.6 Å². The highest BCUT2D eigenvalue weighted by Crippen LogP contribution is 2.37. The lowest BCUT2D eigenvalue weighted by Crippen LogP contribution is -2.27. The van der Waals surface area contributed by atoms with Gasteiger partial charge in [-0.3, -0.25) is 4.79 Å². The maximum Gasteiger partial charge on any atom is 0.227 e.